The van der Waals surface area contributed by atoms with Crippen LogP contribution in [0.5, 0.6) is 11.6 Å². The van der Waals surface area contributed by atoms with Crippen molar-refractivity contribution < 1.29 is 22.7 Å². The first-order valence-corrected chi connectivity index (χ1v) is 13.4. The van der Waals surface area contributed by atoms with Gasteiger partial charge in [0.05, 0.1) is 17.0 Å². The molecule has 2 aliphatic rings. The fourth-order valence-electron chi connectivity index (χ4n) is 5.03. The lowest BCUT2D eigenvalue weighted by atomic mass is 10.0. The SMILES string of the molecule is N#CC(=CC1CC1)C(=O)N1CCC[C@@H](n2nc(-c3ccc(Oc4ccc(C(F)(F)F)cc4)nc3)c3c(N)ncnc32)C1. The van der Waals surface area contributed by atoms with E-state index in [1.165, 1.54) is 24.7 Å². The van der Waals surface area contributed by atoms with E-state index in [-0.39, 0.29) is 35.0 Å². The molecule has 1 atom stereocenters. The summed E-state index contributed by atoms with van der Waals surface area (Å²) in [5, 5.41) is 14.9. The molecule has 2 N–H and O–H groups in total. The van der Waals surface area contributed by atoms with Gasteiger partial charge in [-0.3, -0.25) is 4.79 Å². The Labute approximate surface area is 238 Å². The number of halogens is 3. The van der Waals surface area contributed by atoms with Crippen LogP contribution in [-0.2, 0) is 11.0 Å². The zero-order chi connectivity index (χ0) is 29.4. The number of carbonyl (C=O) groups is 1. The van der Waals surface area contributed by atoms with Gasteiger partial charge in [-0.05, 0) is 61.9 Å². The van der Waals surface area contributed by atoms with Crippen LogP contribution >= 0.6 is 0 Å². The lowest BCUT2D eigenvalue weighted by Crippen LogP contribution is -2.41. The summed E-state index contributed by atoms with van der Waals surface area (Å²) in [7, 11) is 0. The fraction of sp³-hybridized carbons (Fsp3) is 0.310. The Bertz CT molecular complexity index is 1700. The minimum absolute atomic E-state index is 0.181. The van der Waals surface area contributed by atoms with E-state index in [0.717, 1.165) is 37.8 Å². The van der Waals surface area contributed by atoms with E-state index in [1.54, 1.807) is 27.8 Å². The van der Waals surface area contributed by atoms with Crippen LogP contribution in [0.3, 0.4) is 0 Å². The molecule has 13 heteroatoms. The molecule has 1 aliphatic heterocycles. The van der Waals surface area contributed by atoms with E-state index in [2.05, 4.69) is 21.0 Å². The third kappa shape index (κ3) is 5.47. The molecule has 1 amide bonds. The van der Waals surface area contributed by atoms with Gasteiger partial charge in [-0.15, -0.1) is 0 Å². The van der Waals surface area contributed by atoms with Crippen LogP contribution in [0.1, 0.15) is 37.3 Å². The van der Waals surface area contributed by atoms with Gasteiger partial charge in [-0.1, -0.05) is 6.08 Å². The van der Waals surface area contributed by atoms with E-state index in [0.29, 0.717) is 41.3 Å². The number of allylic oxidation sites excluding steroid dienone is 1. The highest BCUT2D eigenvalue weighted by molar-refractivity contribution is 5.98. The number of amides is 1. The molecule has 1 aliphatic carbocycles. The summed E-state index contributed by atoms with van der Waals surface area (Å²) in [5.74, 6) is 0.655. The first kappa shape index (κ1) is 27.2. The maximum atomic E-state index is 13.1. The number of benzene rings is 1. The summed E-state index contributed by atoms with van der Waals surface area (Å²) in [6.45, 7) is 0.910. The van der Waals surface area contributed by atoms with Crippen LogP contribution in [0.2, 0.25) is 0 Å². The van der Waals surface area contributed by atoms with Crippen molar-refractivity contribution in [2.24, 2.45) is 5.92 Å². The van der Waals surface area contributed by atoms with Crippen molar-refractivity contribution in [3.05, 3.63) is 66.1 Å². The van der Waals surface area contributed by atoms with Crippen LogP contribution in [0, 0.1) is 17.2 Å². The average molecular weight is 575 g/mol. The van der Waals surface area contributed by atoms with Gasteiger partial charge in [0.15, 0.2) is 5.65 Å². The number of alkyl halides is 3. The number of hydrogen-bond acceptors (Lipinski definition) is 8. The quantitative estimate of drug-likeness (QED) is 0.242. The van der Waals surface area contributed by atoms with Gasteiger partial charge in [0.1, 0.15) is 35.2 Å². The van der Waals surface area contributed by atoms with Crippen molar-refractivity contribution in [2.75, 3.05) is 18.8 Å². The van der Waals surface area contributed by atoms with Gasteiger partial charge in [0, 0.05) is 30.9 Å². The van der Waals surface area contributed by atoms with Crippen LogP contribution in [0.15, 0.2) is 60.6 Å². The second-order valence-electron chi connectivity index (χ2n) is 10.3. The maximum Gasteiger partial charge on any atom is 0.416 e. The third-order valence-corrected chi connectivity index (χ3v) is 7.34. The fourth-order valence-corrected chi connectivity index (χ4v) is 5.03. The number of nitrogens with zero attached hydrogens (tertiary/aromatic N) is 7. The number of carbonyl (C=O) groups excluding carboxylic acids is 1. The second-order valence-corrected chi connectivity index (χ2v) is 10.3. The van der Waals surface area contributed by atoms with Crippen molar-refractivity contribution in [3.8, 4) is 29.0 Å². The molecule has 10 nitrogen and oxygen atoms in total. The molecule has 42 heavy (non-hydrogen) atoms. The number of piperidine rings is 1. The van der Waals surface area contributed by atoms with E-state index in [4.69, 9.17) is 15.6 Å². The number of rotatable bonds is 6. The summed E-state index contributed by atoms with van der Waals surface area (Å²) < 4.78 is 45.9. The van der Waals surface area contributed by atoms with Gasteiger partial charge in [-0.25, -0.2) is 19.6 Å². The summed E-state index contributed by atoms with van der Waals surface area (Å²) in [4.78, 5) is 27.7. The molecule has 1 saturated carbocycles. The van der Waals surface area contributed by atoms with Gasteiger partial charge >= 0.3 is 6.18 Å². The Morgan fingerprint density at radius 3 is 2.55 bits per heavy atom. The normalized spacial score (nSPS) is 17.7. The Balaban J connectivity index is 1.26. The molecule has 1 saturated heterocycles. The van der Waals surface area contributed by atoms with Crippen molar-refractivity contribution in [3.63, 3.8) is 0 Å². The standard InChI is InChI=1S/C29H25F3N8O2/c30-29(31,32)20-6-8-22(9-7-20)42-23-10-5-18(14-35-23)25-24-26(34)36-16-37-27(24)40(38-25)21-2-1-11-39(15-21)28(41)19(13-33)12-17-3-4-17/h5-10,12,14,16-17,21H,1-4,11,15H2,(H2,34,36,37)/t21-/m1/s1. The van der Waals surface area contributed by atoms with Crippen LogP contribution in [0.25, 0.3) is 22.3 Å². The van der Waals surface area contributed by atoms with E-state index in [9.17, 15) is 23.2 Å². The minimum atomic E-state index is -4.44. The zero-order valence-corrected chi connectivity index (χ0v) is 22.3. The zero-order valence-electron chi connectivity index (χ0n) is 22.3. The molecule has 2 fully saturated rings. The average Bonchev–Trinajstić information content (AvgIpc) is 3.73. The van der Waals surface area contributed by atoms with Crippen LogP contribution in [-0.4, -0.2) is 48.6 Å². The molecular formula is C29H25F3N8O2. The van der Waals surface area contributed by atoms with E-state index >= 15 is 0 Å². The molecule has 0 bridgehead atoms. The topological polar surface area (TPSA) is 136 Å². The number of nitrogen functional groups attached to an aromatic ring is 1. The van der Waals surface area contributed by atoms with Gasteiger partial charge in [-0.2, -0.15) is 23.5 Å². The van der Waals surface area contributed by atoms with E-state index in [1.807, 2.05) is 0 Å². The molecule has 4 aromatic rings. The first-order valence-electron chi connectivity index (χ1n) is 13.4. The lowest BCUT2D eigenvalue weighted by Gasteiger charge is -2.32. The molecule has 1 aromatic carbocycles. The highest BCUT2D eigenvalue weighted by Gasteiger charge is 2.32. The number of hydrogen-bond donors (Lipinski definition) is 1. The molecule has 0 radical (unpaired) electrons. The Morgan fingerprint density at radius 1 is 1.10 bits per heavy atom. The summed E-state index contributed by atoms with van der Waals surface area (Å²) in [5.41, 5.74) is 7.27. The maximum absolute atomic E-state index is 13.1. The Morgan fingerprint density at radius 2 is 1.88 bits per heavy atom. The predicted molar refractivity (Wildman–Crippen MR) is 146 cm³/mol. The molecule has 6 rings (SSSR count). The van der Waals surface area contributed by atoms with E-state index < -0.39 is 11.7 Å². The predicted octanol–water partition coefficient (Wildman–Crippen LogP) is 5.31. The monoisotopic (exact) mass is 574 g/mol. The van der Waals surface area contributed by atoms with Crippen molar-refractivity contribution >= 4 is 22.8 Å². The molecule has 214 valence electrons. The number of nitrogens with two attached hydrogens (primary N) is 1. The lowest BCUT2D eigenvalue weighted by molar-refractivity contribution is -0.137. The van der Waals surface area contributed by atoms with Crippen molar-refractivity contribution in [2.45, 2.75) is 37.9 Å². The van der Waals surface area contributed by atoms with Gasteiger partial charge in [0.2, 0.25) is 5.88 Å². The third-order valence-electron chi connectivity index (χ3n) is 7.34. The largest absolute Gasteiger partial charge is 0.439 e. The smallest absolute Gasteiger partial charge is 0.416 e. The van der Waals surface area contributed by atoms with Crippen LogP contribution in [0.4, 0.5) is 19.0 Å². The minimum Gasteiger partial charge on any atom is -0.439 e. The number of fused-ring (bicyclic) bond motifs is 1. The summed E-state index contributed by atoms with van der Waals surface area (Å²) >= 11 is 0. The summed E-state index contributed by atoms with van der Waals surface area (Å²) in [6.07, 6.45) is 3.70. The number of anilines is 1. The van der Waals surface area contributed by atoms with Gasteiger partial charge in [0.25, 0.3) is 5.91 Å². The van der Waals surface area contributed by atoms with Gasteiger partial charge < -0.3 is 15.4 Å². The van der Waals surface area contributed by atoms with Crippen molar-refractivity contribution in [1.29, 1.82) is 5.26 Å². The highest BCUT2D eigenvalue weighted by Crippen LogP contribution is 2.36. The molecule has 4 heterocycles. The number of ether oxygens (including phenoxy) is 1. The van der Waals surface area contributed by atoms with Crippen LogP contribution < -0.4 is 10.5 Å². The Kier molecular flexibility index (Phi) is 6.97. The first-order chi connectivity index (χ1) is 20.2. The highest BCUT2D eigenvalue weighted by atomic mass is 19.4. The number of likely N-dealkylation sites (tertiary alicyclic amines) is 1. The summed E-state index contributed by atoms with van der Waals surface area (Å²) in [6, 6.07) is 9.48. The molecule has 0 spiro atoms. The number of nitriles is 1. The number of pyridine rings is 1. The molecule has 3 aromatic heterocycles. The number of aromatic nitrogens is 5. The second kappa shape index (κ2) is 10.8. The Hall–Kier alpha value is -4.99. The van der Waals surface area contributed by atoms with Crippen molar-refractivity contribution in [1.82, 2.24) is 29.6 Å². The molecular weight excluding hydrogens is 549 g/mol. The molecule has 0 unspecified atom stereocenters.